The summed E-state index contributed by atoms with van der Waals surface area (Å²) in [5, 5.41) is 1.34. The molecule has 1 aliphatic heterocycles. The molecule has 1 aliphatic rings. The number of fused-ring (bicyclic) bond motifs is 1. The second-order valence-electron chi connectivity index (χ2n) is 8.73. The molecule has 0 radical (unpaired) electrons. The van der Waals surface area contributed by atoms with Crippen LogP contribution in [0, 0.1) is 6.92 Å². The van der Waals surface area contributed by atoms with Gasteiger partial charge < -0.3 is 0 Å². The van der Waals surface area contributed by atoms with Crippen LogP contribution in [-0.2, 0) is 10.8 Å². The highest BCUT2D eigenvalue weighted by Gasteiger charge is 2.23. The Morgan fingerprint density at radius 1 is 0.970 bits per heavy atom. The summed E-state index contributed by atoms with van der Waals surface area (Å²) in [6, 6.07) is 29.5. The van der Waals surface area contributed by atoms with Gasteiger partial charge in [0.2, 0.25) is 0 Å². The molecule has 2 heterocycles. The zero-order valence-corrected chi connectivity index (χ0v) is 20.6. The highest BCUT2D eigenvalue weighted by molar-refractivity contribution is 7.85. The minimum absolute atomic E-state index is 0.00174. The molecule has 2 nitrogen and oxygen atoms in total. The molecule has 0 fully saturated rings. The largest absolute Gasteiger partial charge is 0.299 e. The van der Waals surface area contributed by atoms with Gasteiger partial charge in [-0.3, -0.25) is 9.11 Å². The Labute approximate surface area is 203 Å². The van der Waals surface area contributed by atoms with E-state index >= 15 is 0 Å². The maximum atomic E-state index is 13.5. The smallest absolute Gasteiger partial charge is 0.0656 e. The molecule has 0 aliphatic carbocycles. The first-order chi connectivity index (χ1) is 16.2. The van der Waals surface area contributed by atoms with E-state index in [1.165, 1.54) is 26.1 Å². The first-order valence-electron chi connectivity index (χ1n) is 11.6. The molecular weight excluding hydrogens is 442 g/mol. The van der Waals surface area contributed by atoms with E-state index in [9.17, 15) is 4.21 Å². The van der Waals surface area contributed by atoms with Crippen molar-refractivity contribution in [3.63, 3.8) is 0 Å². The molecule has 0 amide bonds. The van der Waals surface area contributed by atoms with Crippen LogP contribution in [0.25, 0.3) is 15.7 Å². The molecule has 4 heteroatoms. The van der Waals surface area contributed by atoms with E-state index in [2.05, 4.69) is 84.6 Å². The third-order valence-corrected chi connectivity index (χ3v) is 9.38. The van der Waals surface area contributed by atoms with Crippen LogP contribution < -0.4 is 0 Å². The van der Waals surface area contributed by atoms with Gasteiger partial charge >= 0.3 is 0 Å². The van der Waals surface area contributed by atoms with Gasteiger partial charge in [-0.25, -0.2) is 0 Å². The van der Waals surface area contributed by atoms with Crippen LogP contribution in [-0.4, -0.2) is 28.7 Å². The van der Waals surface area contributed by atoms with E-state index in [1.54, 1.807) is 0 Å². The van der Waals surface area contributed by atoms with Crippen molar-refractivity contribution in [2.45, 2.75) is 29.9 Å². The SMILES string of the molecule is Cc1ccc(S(=O)C(CCN2CC=C(c3cc4ccccc4s3)CC2)c2ccccc2)cc1. The summed E-state index contributed by atoms with van der Waals surface area (Å²) in [6.45, 7) is 5.03. The van der Waals surface area contributed by atoms with Gasteiger partial charge in [-0.2, -0.15) is 0 Å². The van der Waals surface area contributed by atoms with Crippen molar-refractivity contribution >= 4 is 37.8 Å². The summed E-state index contributed by atoms with van der Waals surface area (Å²) < 4.78 is 14.9. The predicted molar refractivity (Wildman–Crippen MR) is 142 cm³/mol. The third kappa shape index (κ3) is 5.19. The quantitative estimate of drug-likeness (QED) is 0.283. The van der Waals surface area contributed by atoms with Gasteiger partial charge in [0.25, 0.3) is 0 Å². The molecule has 0 N–H and O–H groups in total. The molecule has 4 aromatic rings. The summed E-state index contributed by atoms with van der Waals surface area (Å²) in [7, 11) is -1.07. The average molecular weight is 472 g/mol. The van der Waals surface area contributed by atoms with Crippen LogP contribution in [0.4, 0.5) is 0 Å². The number of nitrogens with zero attached hydrogens (tertiary/aromatic N) is 1. The van der Waals surface area contributed by atoms with E-state index in [1.807, 2.05) is 29.5 Å². The summed E-state index contributed by atoms with van der Waals surface area (Å²) in [5.41, 5.74) is 3.83. The number of hydrogen-bond donors (Lipinski definition) is 0. The number of aryl methyl sites for hydroxylation is 1. The summed E-state index contributed by atoms with van der Waals surface area (Å²) >= 11 is 1.90. The fraction of sp³-hybridized carbons (Fsp3) is 0.241. The lowest BCUT2D eigenvalue weighted by Crippen LogP contribution is -2.30. The normalized spacial score (nSPS) is 16.5. The van der Waals surface area contributed by atoms with E-state index in [-0.39, 0.29) is 5.25 Å². The van der Waals surface area contributed by atoms with Crippen LogP contribution >= 0.6 is 11.3 Å². The first-order valence-corrected chi connectivity index (χ1v) is 13.6. The maximum Gasteiger partial charge on any atom is 0.0656 e. The summed E-state index contributed by atoms with van der Waals surface area (Å²) in [5.74, 6) is 0. The zero-order chi connectivity index (χ0) is 22.6. The van der Waals surface area contributed by atoms with Crippen molar-refractivity contribution in [2.75, 3.05) is 19.6 Å². The third-order valence-electron chi connectivity index (χ3n) is 6.43. The van der Waals surface area contributed by atoms with Gasteiger partial charge in [-0.15, -0.1) is 11.3 Å². The molecule has 33 heavy (non-hydrogen) atoms. The van der Waals surface area contributed by atoms with Crippen molar-refractivity contribution in [3.8, 4) is 0 Å². The molecule has 0 bridgehead atoms. The highest BCUT2D eigenvalue weighted by Crippen LogP contribution is 2.34. The predicted octanol–water partition coefficient (Wildman–Crippen LogP) is 7.24. The van der Waals surface area contributed by atoms with Gasteiger partial charge in [0.1, 0.15) is 0 Å². The Hall–Kier alpha value is -2.53. The second-order valence-corrected chi connectivity index (χ2v) is 11.4. The van der Waals surface area contributed by atoms with Crippen molar-refractivity contribution in [2.24, 2.45) is 0 Å². The van der Waals surface area contributed by atoms with Gasteiger partial charge in [-0.05, 0) is 67.1 Å². The van der Waals surface area contributed by atoms with Crippen LogP contribution in [0.5, 0.6) is 0 Å². The number of thiophene rings is 1. The van der Waals surface area contributed by atoms with E-state index < -0.39 is 10.8 Å². The van der Waals surface area contributed by atoms with Gasteiger partial charge in [-0.1, -0.05) is 72.3 Å². The first kappa shape index (κ1) is 22.3. The lowest BCUT2D eigenvalue weighted by Gasteiger charge is -2.28. The van der Waals surface area contributed by atoms with Crippen LogP contribution in [0.1, 0.15) is 34.1 Å². The monoisotopic (exact) mass is 471 g/mol. The van der Waals surface area contributed by atoms with Crippen LogP contribution in [0.15, 0.2) is 95.9 Å². The molecule has 2 atom stereocenters. The molecule has 0 saturated carbocycles. The van der Waals surface area contributed by atoms with Gasteiger partial charge in [0.05, 0.1) is 16.0 Å². The molecular formula is C29H29NOS2. The van der Waals surface area contributed by atoms with E-state index in [4.69, 9.17) is 0 Å². The Balaban J connectivity index is 1.27. The van der Waals surface area contributed by atoms with Crippen molar-refractivity contribution in [1.82, 2.24) is 4.90 Å². The molecule has 5 rings (SSSR count). The number of hydrogen-bond acceptors (Lipinski definition) is 3. The van der Waals surface area contributed by atoms with Crippen molar-refractivity contribution in [3.05, 3.63) is 107 Å². The molecule has 0 saturated heterocycles. The standard InChI is InChI=1S/C29H29NOS2/c1-22-11-13-26(14-12-22)33(31)29(24-7-3-2-4-8-24)17-20-30-18-15-23(16-19-30)28-21-25-9-5-6-10-27(25)32-28/h2-15,21,29H,16-20H2,1H3. The van der Waals surface area contributed by atoms with Gasteiger partial charge in [0.15, 0.2) is 0 Å². The minimum atomic E-state index is -1.07. The lowest BCUT2D eigenvalue weighted by molar-refractivity contribution is 0.297. The van der Waals surface area contributed by atoms with E-state index in [0.717, 1.165) is 42.9 Å². The van der Waals surface area contributed by atoms with Crippen LogP contribution in [0.2, 0.25) is 0 Å². The topological polar surface area (TPSA) is 20.3 Å². The molecule has 0 spiro atoms. The summed E-state index contributed by atoms with van der Waals surface area (Å²) in [4.78, 5) is 4.82. The van der Waals surface area contributed by atoms with Crippen LogP contribution in [0.3, 0.4) is 0 Å². The maximum absolute atomic E-state index is 13.5. The Kier molecular flexibility index (Phi) is 6.86. The Morgan fingerprint density at radius 3 is 2.45 bits per heavy atom. The second kappa shape index (κ2) is 10.2. The molecule has 3 aromatic carbocycles. The summed E-state index contributed by atoms with van der Waals surface area (Å²) in [6.07, 6.45) is 4.35. The Bertz CT molecular complexity index is 1240. The number of rotatable bonds is 7. The Morgan fingerprint density at radius 2 is 1.73 bits per heavy atom. The molecule has 2 unspecified atom stereocenters. The highest BCUT2D eigenvalue weighted by atomic mass is 32.2. The van der Waals surface area contributed by atoms with Crippen molar-refractivity contribution in [1.29, 1.82) is 0 Å². The van der Waals surface area contributed by atoms with E-state index in [0.29, 0.717) is 0 Å². The van der Waals surface area contributed by atoms with Gasteiger partial charge in [0, 0.05) is 27.6 Å². The van der Waals surface area contributed by atoms with Crippen molar-refractivity contribution < 1.29 is 4.21 Å². The average Bonchev–Trinajstić information content (AvgIpc) is 3.30. The zero-order valence-electron chi connectivity index (χ0n) is 18.9. The fourth-order valence-electron chi connectivity index (χ4n) is 4.48. The molecule has 168 valence electrons. The number of benzene rings is 3. The minimum Gasteiger partial charge on any atom is -0.299 e. The fourth-order valence-corrected chi connectivity index (χ4v) is 7.07. The molecule has 1 aromatic heterocycles. The lowest BCUT2D eigenvalue weighted by atomic mass is 10.0.